The van der Waals surface area contributed by atoms with Crippen molar-refractivity contribution in [1.29, 1.82) is 0 Å². The van der Waals surface area contributed by atoms with E-state index in [9.17, 15) is 9.59 Å². The van der Waals surface area contributed by atoms with Gasteiger partial charge in [-0.15, -0.1) is 0 Å². The topological polar surface area (TPSA) is 75.6 Å². The van der Waals surface area contributed by atoms with Crippen molar-refractivity contribution in [2.45, 2.75) is 37.0 Å². The van der Waals surface area contributed by atoms with Gasteiger partial charge in [0.15, 0.2) is 0 Å². The van der Waals surface area contributed by atoms with Gasteiger partial charge in [-0.2, -0.15) is 11.8 Å². The molecule has 0 atom stereocenters. The summed E-state index contributed by atoms with van der Waals surface area (Å²) in [5.41, 5.74) is 0. The highest BCUT2D eigenvalue weighted by atomic mass is 32.2. The van der Waals surface area contributed by atoms with Gasteiger partial charge in [-0.25, -0.2) is 4.79 Å². The minimum Gasteiger partial charge on any atom is -0.480 e. The Morgan fingerprint density at radius 2 is 1.94 bits per heavy atom. The van der Waals surface area contributed by atoms with Crippen LogP contribution in [0.3, 0.4) is 0 Å². The molecule has 1 aliphatic rings. The fraction of sp³-hybridized carbons (Fsp3) is 0.818. The third kappa shape index (κ3) is 5.93. The molecule has 6 heteroatoms. The summed E-state index contributed by atoms with van der Waals surface area (Å²) in [6.45, 7) is -0.596. The highest BCUT2D eigenvalue weighted by Gasteiger charge is 2.21. The molecule has 1 aliphatic carbocycles. The molecule has 1 fully saturated rings. The van der Waals surface area contributed by atoms with Crippen molar-refractivity contribution >= 4 is 23.6 Å². The number of carbonyl (C=O) groups is 2. The van der Waals surface area contributed by atoms with Gasteiger partial charge in [-0.05, 0) is 31.9 Å². The van der Waals surface area contributed by atoms with E-state index in [1.807, 2.05) is 11.8 Å². The fourth-order valence-corrected chi connectivity index (χ4v) is 2.69. The lowest BCUT2D eigenvalue weighted by atomic mass is 9.95. The van der Waals surface area contributed by atoms with Gasteiger partial charge in [0.25, 0.3) is 0 Å². The Bertz CT molecular complexity index is 264. The molecule has 5 nitrogen and oxygen atoms in total. The summed E-state index contributed by atoms with van der Waals surface area (Å²) in [5, 5.41) is 11.9. The molecule has 0 heterocycles. The first-order valence-electron chi connectivity index (χ1n) is 5.73. The molecule has 1 saturated carbocycles. The summed E-state index contributed by atoms with van der Waals surface area (Å²) in [6, 6.07) is 0.222. The lowest BCUT2D eigenvalue weighted by molar-refractivity contribution is -0.143. The third-order valence-electron chi connectivity index (χ3n) is 2.83. The first kappa shape index (κ1) is 14.3. The summed E-state index contributed by atoms with van der Waals surface area (Å²) in [6.07, 6.45) is 6.36. The number of thioether (sulfide) groups is 1. The van der Waals surface area contributed by atoms with Gasteiger partial charge in [-0.3, -0.25) is 4.79 Å². The van der Waals surface area contributed by atoms with Crippen molar-refractivity contribution in [3.63, 3.8) is 0 Å². The van der Waals surface area contributed by atoms with Crippen molar-refractivity contribution < 1.29 is 19.4 Å². The molecule has 0 aromatic carbocycles. The van der Waals surface area contributed by atoms with Crippen LogP contribution >= 0.6 is 11.8 Å². The largest absolute Gasteiger partial charge is 0.480 e. The van der Waals surface area contributed by atoms with E-state index in [1.165, 1.54) is 0 Å². The van der Waals surface area contributed by atoms with E-state index in [4.69, 9.17) is 9.84 Å². The van der Waals surface area contributed by atoms with E-state index < -0.39 is 12.6 Å². The Balaban J connectivity index is 2.12. The Kier molecular flexibility index (Phi) is 6.36. The van der Waals surface area contributed by atoms with Gasteiger partial charge in [0.1, 0.15) is 13.2 Å². The normalized spacial score (nSPS) is 24.3. The molecular formula is C11H19NO4S. The highest BCUT2D eigenvalue weighted by Crippen LogP contribution is 2.26. The molecule has 0 aromatic rings. The summed E-state index contributed by atoms with van der Waals surface area (Å²) in [5.74, 6) is -1.28. The van der Waals surface area contributed by atoms with Gasteiger partial charge in [-0.1, -0.05) is 0 Å². The van der Waals surface area contributed by atoms with E-state index in [1.54, 1.807) is 0 Å². The van der Waals surface area contributed by atoms with Crippen LogP contribution in [0.2, 0.25) is 0 Å². The maximum Gasteiger partial charge on any atom is 0.329 e. The van der Waals surface area contributed by atoms with Crippen LogP contribution in [-0.4, -0.2) is 47.7 Å². The number of ether oxygens (including phenoxy) is 1. The predicted molar refractivity (Wildman–Crippen MR) is 66.2 cm³/mol. The highest BCUT2D eigenvalue weighted by molar-refractivity contribution is 7.99. The summed E-state index contributed by atoms with van der Waals surface area (Å²) in [4.78, 5) is 21.6. The van der Waals surface area contributed by atoms with Gasteiger partial charge < -0.3 is 15.2 Å². The maximum absolute atomic E-state index is 11.4. The molecule has 17 heavy (non-hydrogen) atoms. The van der Waals surface area contributed by atoms with E-state index in [2.05, 4.69) is 11.6 Å². The van der Waals surface area contributed by atoms with E-state index >= 15 is 0 Å². The van der Waals surface area contributed by atoms with Crippen LogP contribution in [0.25, 0.3) is 0 Å². The zero-order valence-corrected chi connectivity index (χ0v) is 10.8. The third-order valence-corrected chi connectivity index (χ3v) is 3.97. The molecule has 2 N–H and O–H groups in total. The number of amides is 1. The smallest absolute Gasteiger partial charge is 0.329 e. The molecule has 0 aromatic heterocycles. The first-order chi connectivity index (χ1) is 8.11. The van der Waals surface area contributed by atoms with Crippen molar-refractivity contribution in [2.24, 2.45) is 0 Å². The summed E-state index contributed by atoms with van der Waals surface area (Å²) in [7, 11) is 0. The SMILES string of the molecule is CSC1CCC(NC(=O)COCC(=O)O)CC1. The van der Waals surface area contributed by atoms with E-state index in [-0.39, 0.29) is 18.6 Å². The molecule has 0 unspecified atom stereocenters. The monoisotopic (exact) mass is 261 g/mol. The van der Waals surface area contributed by atoms with Gasteiger partial charge in [0.05, 0.1) is 0 Å². The van der Waals surface area contributed by atoms with E-state index in [0.29, 0.717) is 5.25 Å². The Morgan fingerprint density at radius 1 is 1.29 bits per heavy atom. The Morgan fingerprint density at radius 3 is 2.47 bits per heavy atom. The lowest BCUT2D eigenvalue weighted by Crippen LogP contribution is -2.40. The zero-order chi connectivity index (χ0) is 12.7. The van der Waals surface area contributed by atoms with Crippen LogP contribution in [-0.2, 0) is 14.3 Å². The van der Waals surface area contributed by atoms with Gasteiger partial charge in [0.2, 0.25) is 5.91 Å². The molecule has 0 radical (unpaired) electrons. The second-order valence-electron chi connectivity index (χ2n) is 4.16. The molecule has 0 aliphatic heterocycles. The standard InChI is InChI=1S/C11H19NO4S/c1-17-9-4-2-8(3-5-9)12-10(13)6-16-7-11(14)15/h8-9H,2-7H2,1H3,(H,12,13)(H,14,15). The molecule has 0 saturated heterocycles. The number of carboxylic acids is 1. The van der Waals surface area contributed by atoms with Crippen molar-refractivity contribution in [3.05, 3.63) is 0 Å². The number of hydrogen-bond donors (Lipinski definition) is 2. The minimum atomic E-state index is -1.06. The van der Waals surface area contributed by atoms with E-state index in [0.717, 1.165) is 25.7 Å². The average molecular weight is 261 g/mol. The predicted octanol–water partition coefficient (Wildman–Crippen LogP) is 0.878. The molecule has 98 valence electrons. The molecule has 1 amide bonds. The number of nitrogens with one attached hydrogen (secondary N) is 1. The number of aliphatic carboxylic acids is 1. The molecule has 0 bridgehead atoms. The second-order valence-corrected chi connectivity index (χ2v) is 5.30. The molecular weight excluding hydrogens is 242 g/mol. The Hall–Kier alpha value is -0.750. The minimum absolute atomic E-state index is 0.172. The molecule has 0 spiro atoms. The second kappa shape index (κ2) is 7.55. The van der Waals surface area contributed by atoms with Crippen LogP contribution in [0, 0.1) is 0 Å². The number of carbonyl (C=O) groups excluding carboxylic acids is 1. The van der Waals surface area contributed by atoms with Crippen molar-refractivity contribution in [2.75, 3.05) is 19.5 Å². The first-order valence-corrected chi connectivity index (χ1v) is 7.02. The number of hydrogen-bond acceptors (Lipinski definition) is 4. The van der Waals surface area contributed by atoms with Gasteiger partial charge in [0, 0.05) is 11.3 Å². The number of rotatable bonds is 6. The van der Waals surface area contributed by atoms with Crippen LogP contribution in [0.5, 0.6) is 0 Å². The lowest BCUT2D eigenvalue weighted by Gasteiger charge is -2.27. The van der Waals surface area contributed by atoms with Crippen LogP contribution in [0.4, 0.5) is 0 Å². The van der Waals surface area contributed by atoms with Crippen molar-refractivity contribution in [1.82, 2.24) is 5.32 Å². The maximum atomic E-state index is 11.4. The van der Waals surface area contributed by atoms with Crippen LogP contribution < -0.4 is 5.32 Å². The van der Waals surface area contributed by atoms with Crippen molar-refractivity contribution in [3.8, 4) is 0 Å². The van der Waals surface area contributed by atoms with Crippen LogP contribution in [0.1, 0.15) is 25.7 Å². The summed E-state index contributed by atoms with van der Waals surface area (Å²) >= 11 is 1.88. The summed E-state index contributed by atoms with van der Waals surface area (Å²) < 4.78 is 4.72. The zero-order valence-electron chi connectivity index (χ0n) is 9.98. The molecule has 1 rings (SSSR count). The van der Waals surface area contributed by atoms with Crippen LogP contribution in [0.15, 0.2) is 0 Å². The van der Waals surface area contributed by atoms with Gasteiger partial charge >= 0.3 is 5.97 Å². The Labute approximate surface area is 105 Å². The average Bonchev–Trinajstić information content (AvgIpc) is 2.29. The number of carboxylic acid groups (broad SMARTS) is 1. The quantitative estimate of drug-likeness (QED) is 0.742. The fourth-order valence-electron chi connectivity index (χ4n) is 1.94.